The number of urea groups is 1. The molecule has 178 valence electrons. The van der Waals surface area contributed by atoms with Gasteiger partial charge < -0.3 is 20.5 Å². The molecule has 33 heavy (non-hydrogen) atoms. The van der Waals surface area contributed by atoms with Crippen LogP contribution in [-0.2, 0) is 10.9 Å². The van der Waals surface area contributed by atoms with Gasteiger partial charge in [0.25, 0.3) is 11.8 Å². The molecule has 0 radical (unpaired) electrons. The number of anilines is 1. The van der Waals surface area contributed by atoms with E-state index in [-0.39, 0.29) is 6.54 Å². The first-order valence-electron chi connectivity index (χ1n) is 9.48. The van der Waals surface area contributed by atoms with E-state index in [2.05, 4.69) is 20.4 Å². The second-order valence-corrected chi connectivity index (χ2v) is 7.89. The predicted molar refractivity (Wildman–Crippen MR) is 109 cm³/mol. The highest BCUT2D eigenvalue weighted by Crippen LogP contribution is 2.43. The van der Waals surface area contributed by atoms with Gasteiger partial charge in [-0.25, -0.2) is 14.6 Å². The lowest BCUT2D eigenvalue weighted by Gasteiger charge is -2.45. The van der Waals surface area contributed by atoms with E-state index in [1.54, 1.807) is 13.8 Å². The average molecular weight is 470 g/mol. The number of carbonyl (C=O) groups is 3. The Balaban J connectivity index is 2.30. The number of para-hydroxylation sites is 1. The van der Waals surface area contributed by atoms with Gasteiger partial charge in [0.05, 0.1) is 41.3 Å². The molecule has 1 fully saturated rings. The largest absolute Gasteiger partial charge is 0.511 e. The summed E-state index contributed by atoms with van der Waals surface area (Å²) in [6.07, 6.45) is -4.99. The van der Waals surface area contributed by atoms with Crippen molar-refractivity contribution in [1.82, 2.24) is 15.5 Å². The highest BCUT2D eigenvalue weighted by molar-refractivity contribution is 6.01. The van der Waals surface area contributed by atoms with Crippen molar-refractivity contribution < 1.29 is 37.4 Å². The lowest BCUT2D eigenvalue weighted by atomic mass is 10.0. The number of amides is 3. The summed E-state index contributed by atoms with van der Waals surface area (Å²) in [6, 6.07) is 2.15. The maximum absolute atomic E-state index is 14.0. The van der Waals surface area contributed by atoms with E-state index in [1.165, 1.54) is 7.05 Å². The van der Waals surface area contributed by atoms with Gasteiger partial charge in [-0.1, -0.05) is 6.07 Å². The van der Waals surface area contributed by atoms with Crippen LogP contribution >= 0.6 is 0 Å². The van der Waals surface area contributed by atoms with Crippen LogP contribution in [-0.4, -0.2) is 59.4 Å². The third-order valence-corrected chi connectivity index (χ3v) is 4.89. The molecule has 5 N–H and O–H groups in total. The monoisotopic (exact) mass is 470 g/mol. The maximum atomic E-state index is 14.0. The molecule has 1 atom stereocenters. The minimum atomic E-state index is -4.95. The topological polar surface area (TPSA) is 150 Å². The zero-order valence-electron chi connectivity index (χ0n) is 17.7. The van der Waals surface area contributed by atoms with Crippen molar-refractivity contribution in [2.45, 2.75) is 31.5 Å². The standard InChI is InChI=1S/C19H21F3N6O5/c1-17(2)9-28(15(30)26-17)19(23)25-7-10(33-16(31)32)8-27(19)13-11(14(29)24-3)5-4-6-12(13)18(20,21)22/h4-8H,9,23H2,1-3H3,(H,24,29)(H,26,30)(H,31,32). The first-order valence-corrected chi connectivity index (χ1v) is 9.48. The molecule has 0 aliphatic carbocycles. The summed E-state index contributed by atoms with van der Waals surface area (Å²) in [7, 11) is 1.22. The van der Waals surface area contributed by atoms with Crippen molar-refractivity contribution in [3.63, 3.8) is 0 Å². The molecule has 1 aromatic rings. The maximum Gasteiger partial charge on any atom is 0.511 e. The van der Waals surface area contributed by atoms with Gasteiger partial charge in [-0.2, -0.15) is 13.2 Å². The molecule has 1 saturated heterocycles. The van der Waals surface area contributed by atoms with E-state index in [9.17, 15) is 27.6 Å². The van der Waals surface area contributed by atoms with Crippen molar-refractivity contribution >= 4 is 30.0 Å². The molecule has 0 bridgehead atoms. The highest BCUT2D eigenvalue weighted by atomic mass is 19.4. The molecule has 11 nitrogen and oxygen atoms in total. The number of hydrogen-bond donors (Lipinski definition) is 4. The molecule has 3 amide bonds. The van der Waals surface area contributed by atoms with Crippen LogP contribution in [0, 0.1) is 0 Å². The molecule has 1 unspecified atom stereocenters. The number of rotatable bonds is 4. The van der Waals surface area contributed by atoms with Gasteiger partial charge in [-0.15, -0.1) is 0 Å². The Hall–Kier alpha value is -3.81. The van der Waals surface area contributed by atoms with Crippen LogP contribution in [0.1, 0.15) is 29.8 Å². The van der Waals surface area contributed by atoms with Crippen LogP contribution in [0.5, 0.6) is 0 Å². The van der Waals surface area contributed by atoms with Crippen LogP contribution in [0.15, 0.2) is 35.2 Å². The third kappa shape index (κ3) is 4.41. The van der Waals surface area contributed by atoms with Gasteiger partial charge in [-0.05, 0) is 26.0 Å². The smallest absolute Gasteiger partial charge is 0.449 e. The number of aliphatic imine (C=N–C) groups is 1. The fourth-order valence-electron chi connectivity index (χ4n) is 3.54. The van der Waals surface area contributed by atoms with Gasteiger partial charge >= 0.3 is 18.4 Å². The summed E-state index contributed by atoms with van der Waals surface area (Å²) in [4.78, 5) is 41.9. The fraction of sp³-hybridized carbons (Fsp3) is 0.368. The van der Waals surface area contributed by atoms with E-state index in [0.717, 1.165) is 35.5 Å². The van der Waals surface area contributed by atoms with E-state index < -0.39 is 58.3 Å². The number of nitrogens with one attached hydrogen (secondary N) is 2. The number of hydrogen-bond acceptors (Lipinski definition) is 7. The Labute approximate surface area is 185 Å². The summed E-state index contributed by atoms with van der Waals surface area (Å²) in [6.45, 7) is 3.27. The first kappa shape index (κ1) is 23.8. The van der Waals surface area contributed by atoms with Crippen LogP contribution in [0.4, 0.5) is 28.4 Å². The van der Waals surface area contributed by atoms with Crippen molar-refractivity contribution in [2.24, 2.45) is 10.7 Å². The molecular weight excluding hydrogens is 449 g/mol. The minimum Gasteiger partial charge on any atom is -0.449 e. The molecule has 3 rings (SSSR count). The second-order valence-electron chi connectivity index (χ2n) is 7.89. The van der Waals surface area contributed by atoms with E-state index in [0.29, 0.717) is 4.90 Å². The number of carbonyl (C=O) groups excluding carboxylic acids is 2. The molecule has 2 heterocycles. The van der Waals surface area contributed by atoms with Crippen molar-refractivity contribution in [2.75, 3.05) is 18.5 Å². The lowest BCUT2D eigenvalue weighted by Crippen LogP contribution is -2.67. The molecule has 2 aliphatic rings. The minimum absolute atomic E-state index is 0.0668. The number of allylic oxidation sites excluding steroid dienone is 1. The first-order chi connectivity index (χ1) is 15.2. The molecular formula is C19H21F3N6O5. The molecule has 0 aromatic heterocycles. The van der Waals surface area contributed by atoms with Crippen molar-refractivity contribution in [1.29, 1.82) is 0 Å². The Bertz CT molecular complexity index is 1070. The summed E-state index contributed by atoms with van der Waals surface area (Å²) in [5, 5.41) is 13.8. The molecule has 0 saturated carbocycles. The lowest BCUT2D eigenvalue weighted by molar-refractivity contribution is -0.137. The summed E-state index contributed by atoms with van der Waals surface area (Å²) in [5.74, 6) is -3.66. The van der Waals surface area contributed by atoms with Crippen LogP contribution in [0.25, 0.3) is 0 Å². The predicted octanol–water partition coefficient (Wildman–Crippen LogP) is 1.87. The number of nitrogens with two attached hydrogens (primary N) is 1. The second kappa shape index (κ2) is 7.95. The van der Waals surface area contributed by atoms with E-state index in [1.807, 2.05) is 0 Å². The number of benzene rings is 1. The summed E-state index contributed by atoms with van der Waals surface area (Å²) >= 11 is 0. The van der Waals surface area contributed by atoms with Gasteiger partial charge in [-0.3, -0.25) is 20.3 Å². The number of nitrogens with zero attached hydrogens (tertiary/aromatic N) is 3. The number of carboxylic acid groups (broad SMARTS) is 1. The van der Waals surface area contributed by atoms with Gasteiger partial charge in [0.1, 0.15) is 0 Å². The van der Waals surface area contributed by atoms with Gasteiger partial charge in [0.15, 0.2) is 5.76 Å². The molecule has 0 spiro atoms. The van der Waals surface area contributed by atoms with Crippen molar-refractivity contribution in [3.05, 3.63) is 41.3 Å². The van der Waals surface area contributed by atoms with Gasteiger partial charge in [0, 0.05) is 7.05 Å². The average Bonchev–Trinajstić information content (AvgIpc) is 3.00. The fourth-order valence-corrected chi connectivity index (χ4v) is 3.54. The zero-order valence-corrected chi connectivity index (χ0v) is 17.7. The molecule has 2 aliphatic heterocycles. The van der Waals surface area contributed by atoms with E-state index >= 15 is 0 Å². The summed E-state index contributed by atoms with van der Waals surface area (Å²) in [5.41, 5.74) is 3.16. The Morgan fingerprint density at radius 1 is 1.33 bits per heavy atom. The quantitative estimate of drug-likeness (QED) is 0.491. The Kier molecular flexibility index (Phi) is 5.75. The van der Waals surface area contributed by atoms with E-state index in [4.69, 9.17) is 10.8 Å². The van der Waals surface area contributed by atoms with Crippen LogP contribution in [0.2, 0.25) is 0 Å². The van der Waals surface area contributed by atoms with Crippen LogP contribution < -0.4 is 21.3 Å². The number of ether oxygens (including phenoxy) is 1. The van der Waals surface area contributed by atoms with Gasteiger partial charge in [0.2, 0.25) is 0 Å². The van der Waals surface area contributed by atoms with Crippen LogP contribution in [0.3, 0.4) is 0 Å². The molecule has 14 heteroatoms. The number of alkyl halides is 3. The zero-order chi connectivity index (χ0) is 24.8. The SMILES string of the molecule is CNC(=O)c1cccc(C(F)(F)F)c1N1C=C(OC(=O)O)C=NC1(N)N1CC(C)(C)NC1=O. The van der Waals surface area contributed by atoms with Crippen molar-refractivity contribution in [3.8, 4) is 0 Å². The Morgan fingerprint density at radius 3 is 2.52 bits per heavy atom. The normalized spacial score (nSPS) is 22.0. The Morgan fingerprint density at radius 2 is 2.00 bits per heavy atom. The summed E-state index contributed by atoms with van der Waals surface area (Å²) < 4.78 is 46.6. The third-order valence-electron chi connectivity index (χ3n) is 4.89. The number of halogens is 3. The highest BCUT2D eigenvalue weighted by Gasteiger charge is 2.52. The molecule has 1 aromatic carbocycles.